The molecule has 31 heavy (non-hydrogen) atoms. The lowest BCUT2D eigenvalue weighted by Gasteiger charge is -2.11. The second-order valence-electron chi connectivity index (χ2n) is 6.62. The smallest absolute Gasteiger partial charge is 0.266 e. The molecule has 4 nitrogen and oxygen atoms in total. The number of halogens is 3. The second kappa shape index (κ2) is 10.1. The molecule has 0 atom stereocenters. The van der Waals surface area contributed by atoms with E-state index in [0.29, 0.717) is 28.4 Å². The summed E-state index contributed by atoms with van der Waals surface area (Å²) in [4.78, 5) is 12.6. The fourth-order valence-corrected chi connectivity index (χ4v) is 3.24. The van der Waals surface area contributed by atoms with Crippen molar-refractivity contribution in [3.8, 4) is 11.8 Å². The van der Waals surface area contributed by atoms with Crippen molar-refractivity contribution in [2.24, 2.45) is 0 Å². The highest BCUT2D eigenvalue weighted by molar-refractivity contribution is 6.42. The molecule has 0 bridgehead atoms. The number of hydrogen-bond donors (Lipinski definition) is 1. The van der Waals surface area contributed by atoms with E-state index in [1.807, 2.05) is 6.07 Å². The molecule has 0 radical (unpaired) electrons. The Morgan fingerprint density at radius 1 is 1.13 bits per heavy atom. The number of carbonyl (C=O) groups excluding carboxylic acids is 1. The normalized spacial score (nSPS) is 11.0. The first-order chi connectivity index (χ1) is 14.9. The number of ether oxygens (including phenoxy) is 1. The number of nitrogens with zero attached hydrogens (tertiary/aromatic N) is 1. The van der Waals surface area contributed by atoms with Crippen LogP contribution < -0.4 is 10.1 Å². The predicted molar refractivity (Wildman–Crippen MR) is 121 cm³/mol. The van der Waals surface area contributed by atoms with E-state index in [0.717, 1.165) is 11.1 Å². The van der Waals surface area contributed by atoms with Gasteiger partial charge >= 0.3 is 0 Å². The fraction of sp³-hybridized carbons (Fsp3) is 0.0833. The summed E-state index contributed by atoms with van der Waals surface area (Å²) < 4.78 is 18.9. The summed E-state index contributed by atoms with van der Waals surface area (Å²) in [6, 6.07) is 18.1. The topological polar surface area (TPSA) is 62.1 Å². The molecule has 0 fully saturated rings. The van der Waals surface area contributed by atoms with Gasteiger partial charge in [-0.1, -0.05) is 41.4 Å². The van der Waals surface area contributed by atoms with Crippen molar-refractivity contribution in [1.29, 1.82) is 5.26 Å². The van der Waals surface area contributed by atoms with Crippen molar-refractivity contribution in [1.82, 2.24) is 0 Å². The number of carbonyl (C=O) groups is 1. The monoisotopic (exact) mass is 454 g/mol. The molecule has 3 aromatic carbocycles. The van der Waals surface area contributed by atoms with Crippen LogP contribution in [-0.4, -0.2) is 13.0 Å². The Labute approximate surface area is 189 Å². The predicted octanol–water partition coefficient (Wildman–Crippen LogP) is 6.28. The number of amides is 1. The molecule has 0 saturated carbocycles. The van der Waals surface area contributed by atoms with Crippen LogP contribution in [0.4, 0.5) is 10.1 Å². The van der Waals surface area contributed by atoms with E-state index >= 15 is 0 Å². The van der Waals surface area contributed by atoms with Gasteiger partial charge in [-0.15, -0.1) is 0 Å². The Balaban J connectivity index is 1.92. The lowest BCUT2D eigenvalue weighted by molar-refractivity contribution is -0.112. The molecular weight excluding hydrogens is 438 g/mol. The van der Waals surface area contributed by atoms with Gasteiger partial charge in [-0.2, -0.15) is 5.26 Å². The number of benzene rings is 3. The van der Waals surface area contributed by atoms with Gasteiger partial charge in [0.1, 0.15) is 23.2 Å². The summed E-state index contributed by atoms with van der Waals surface area (Å²) in [7, 11) is 1.54. The molecule has 7 heteroatoms. The lowest BCUT2D eigenvalue weighted by Crippen LogP contribution is -2.13. The lowest BCUT2D eigenvalue weighted by atomic mass is 9.97. The molecular formula is C24H17Cl2FN2O2. The van der Waals surface area contributed by atoms with Crippen LogP contribution in [0.2, 0.25) is 10.0 Å². The largest absolute Gasteiger partial charge is 0.497 e. The van der Waals surface area contributed by atoms with E-state index in [9.17, 15) is 14.4 Å². The van der Waals surface area contributed by atoms with Crippen LogP contribution in [0.5, 0.6) is 5.75 Å². The Kier molecular flexibility index (Phi) is 7.30. The highest BCUT2D eigenvalue weighted by Crippen LogP contribution is 2.26. The Morgan fingerprint density at radius 3 is 2.61 bits per heavy atom. The SMILES string of the molecule is COc1ccc(/C=C(\C#N)C(=O)Nc2ccc(Cl)c(Cl)c2)c(Cc2cccc(F)c2)c1. The van der Waals surface area contributed by atoms with Crippen molar-refractivity contribution in [3.63, 3.8) is 0 Å². The second-order valence-corrected chi connectivity index (χ2v) is 7.44. The van der Waals surface area contributed by atoms with E-state index in [1.165, 1.54) is 24.3 Å². The summed E-state index contributed by atoms with van der Waals surface area (Å²) >= 11 is 11.9. The van der Waals surface area contributed by atoms with Crippen molar-refractivity contribution in [2.75, 3.05) is 12.4 Å². The number of nitrogens with one attached hydrogen (secondary N) is 1. The van der Waals surface area contributed by atoms with E-state index in [-0.39, 0.29) is 16.4 Å². The molecule has 1 amide bonds. The summed E-state index contributed by atoms with van der Waals surface area (Å²) in [6.45, 7) is 0. The van der Waals surface area contributed by atoms with Crippen molar-refractivity contribution >= 4 is 40.9 Å². The number of nitriles is 1. The molecule has 0 aliphatic heterocycles. The van der Waals surface area contributed by atoms with Gasteiger partial charge in [0.25, 0.3) is 5.91 Å². The van der Waals surface area contributed by atoms with Crippen LogP contribution in [0.1, 0.15) is 16.7 Å². The zero-order valence-electron chi connectivity index (χ0n) is 16.5. The van der Waals surface area contributed by atoms with Crippen LogP contribution in [-0.2, 0) is 11.2 Å². The minimum absolute atomic E-state index is 0.100. The Hall–Kier alpha value is -3.33. The van der Waals surface area contributed by atoms with E-state index in [4.69, 9.17) is 27.9 Å². The summed E-state index contributed by atoms with van der Waals surface area (Å²) in [5, 5.41) is 12.8. The van der Waals surface area contributed by atoms with Crippen LogP contribution >= 0.6 is 23.2 Å². The Morgan fingerprint density at radius 2 is 1.94 bits per heavy atom. The number of anilines is 1. The molecule has 3 rings (SSSR count). The zero-order chi connectivity index (χ0) is 22.4. The highest BCUT2D eigenvalue weighted by Gasteiger charge is 2.13. The van der Waals surface area contributed by atoms with Crippen LogP contribution in [0.15, 0.2) is 66.2 Å². The molecule has 0 aliphatic carbocycles. The van der Waals surface area contributed by atoms with E-state index < -0.39 is 5.91 Å². The quantitative estimate of drug-likeness (QED) is 0.352. The van der Waals surface area contributed by atoms with Gasteiger partial charge in [-0.3, -0.25) is 4.79 Å². The fourth-order valence-electron chi connectivity index (χ4n) is 2.95. The number of rotatable bonds is 6. The zero-order valence-corrected chi connectivity index (χ0v) is 18.0. The standard InChI is InChI=1S/C24H17Cl2FN2O2/c1-31-21-7-5-16(17(12-21)9-15-3-2-4-19(27)10-15)11-18(14-28)24(30)29-20-6-8-22(25)23(26)13-20/h2-8,10-13H,9H2,1H3,(H,29,30)/b18-11+. The van der Waals surface area contributed by atoms with Crippen molar-refractivity contribution < 1.29 is 13.9 Å². The Bertz CT molecular complexity index is 1200. The third-order valence-electron chi connectivity index (χ3n) is 4.48. The first-order valence-electron chi connectivity index (χ1n) is 9.19. The van der Waals surface area contributed by atoms with Gasteiger partial charge in [-0.25, -0.2) is 4.39 Å². The summed E-state index contributed by atoms with van der Waals surface area (Å²) in [5.74, 6) is -0.313. The molecule has 0 aromatic heterocycles. The molecule has 156 valence electrons. The van der Waals surface area contributed by atoms with Gasteiger partial charge in [0, 0.05) is 5.69 Å². The summed E-state index contributed by atoms with van der Waals surface area (Å²) in [5.41, 5.74) is 2.49. The molecule has 0 spiro atoms. The minimum atomic E-state index is -0.589. The molecule has 0 aliphatic rings. The first-order valence-corrected chi connectivity index (χ1v) is 9.94. The van der Waals surface area contributed by atoms with E-state index in [1.54, 1.807) is 49.6 Å². The average molecular weight is 455 g/mol. The number of methoxy groups -OCH3 is 1. The van der Waals surface area contributed by atoms with Gasteiger partial charge in [0.05, 0.1) is 17.2 Å². The first kappa shape index (κ1) is 22.4. The third-order valence-corrected chi connectivity index (χ3v) is 5.22. The third kappa shape index (κ3) is 5.85. The number of hydrogen-bond acceptors (Lipinski definition) is 3. The van der Waals surface area contributed by atoms with Gasteiger partial charge in [-0.05, 0) is 71.7 Å². The van der Waals surface area contributed by atoms with Gasteiger partial charge < -0.3 is 10.1 Å². The minimum Gasteiger partial charge on any atom is -0.497 e. The highest BCUT2D eigenvalue weighted by atomic mass is 35.5. The maximum Gasteiger partial charge on any atom is 0.266 e. The molecule has 0 heterocycles. The van der Waals surface area contributed by atoms with Gasteiger partial charge in [0.2, 0.25) is 0 Å². The van der Waals surface area contributed by atoms with Crippen LogP contribution in [0, 0.1) is 17.1 Å². The molecule has 3 aromatic rings. The molecule has 1 N–H and O–H groups in total. The maximum absolute atomic E-state index is 13.6. The van der Waals surface area contributed by atoms with E-state index in [2.05, 4.69) is 5.32 Å². The van der Waals surface area contributed by atoms with Crippen molar-refractivity contribution in [3.05, 3.63) is 98.8 Å². The maximum atomic E-state index is 13.6. The van der Waals surface area contributed by atoms with Crippen LogP contribution in [0.25, 0.3) is 6.08 Å². The molecule has 0 unspecified atom stereocenters. The van der Waals surface area contributed by atoms with Gasteiger partial charge in [0.15, 0.2) is 0 Å². The molecule has 0 saturated heterocycles. The summed E-state index contributed by atoms with van der Waals surface area (Å²) in [6.07, 6.45) is 1.88. The van der Waals surface area contributed by atoms with Crippen LogP contribution in [0.3, 0.4) is 0 Å². The average Bonchev–Trinajstić information content (AvgIpc) is 2.75. The van der Waals surface area contributed by atoms with Crippen molar-refractivity contribution in [2.45, 2.75) is 6.42 Å².